The highest BCUT2D eigenvalue weighted by molar-refractivity contribution is 6.38. The number of nitrogens with zero attached hydrogens (tertiary/aromatic N) is 4. The summed E-state index contributed by atoms with van der Waals surface area (Å²) < 4.78 is 0. The van der Waals surface area contributed by atoms with Gasteiger partial charge in [-0.15, -0.1) is 0 Å². The van der Waals surface area contributed by atoms with Gasteiger partial charge in [-0.1, -0.05) is 23.2 Å². The minimum absolute atomic E-state index is 0.431. The van der Waals surface area contributed by atoms with E-state index in [0.717, 1.165) is 28.2 Å². The van der Waals surface area contributed by atoms with Gasteiger partial charge in [0.05, 0.1) is 33.2 Å². The lowest BCUT2D eigenvalue weighted by Gasteiger charge is -2.08. The van der Waals surface area contributed by atoms with Crippen molar-refractivity contribution in [2.45, 2.75) is 0 Å². The van der Waals surface area contributed by atoms with Crippen LogP contribution in [-0.2, 0) is 0 Å². The molecule has 0 aliphatic carbocycles. The maximum atomic E-state index is 6.32. The van der Waals surface area contributed by atoms with E-state index in [1.807, 2.05) is 18.2 Å². The van der Waals surface area contributed by atoms with E-state index in [2.05, 4.69) is 25.3 Å². The summed E-state index contributed by atoms with van der Waals surface area (Å²) in [6.07, 6.45) is 8.32. The molecule has 4 aromatic heterocycles. The molecule has 1 aliphatic rings. The van der Waals surface area contributed by atoms with Gasteiger partial charge in [-0.25, -0.2) is 9.97 Å². The number of fused-ring (bicyclic) bond motifs is 5. The monoisotopic (exact) mass is 380 g/mol. The fourth-order valence-corrected chi connectivity index (χ4v) is 3.60. The first kappa shape index (κ1) is 15.3. The first-order chi connectivity index (χ1) is 12.7. The molecule has 8 heteroatoms. The van der Waals surface area contributed by atoms with Crippen molar-refractivity contribution in [2.75, 3.05) is 5.32 Å². The molecule has 0 aromatic carbocycles. The lowest BCUT2D eigenvalue weighted by atomic mass is 10.1. The molecule has 0 fully saturated rings. The average Bonchev–Trinajstić information content (AvgIpc) is 3.02. The van der Waals surface area contributed by atoms with Crippen LogP contribution >= 0.6 is 23.2 Å². The Morgan fingerprint density at radius 3 is 2.58 bits per heavy atom. The molecule has 0 amide bonds. The number of nitrogens with one attached hydrogen (secondary N) is 2. The van der Waals surface area contributed by atoms with Crippen molar-refractivity contribution in [3.63, 3.8) is 0 Å². The third-order valence-corrected chi connectivity index (χ3v) is 4.77. The van der Waals surface area contributed by atoms with Crippen LogP contribution in [0.4, 0.5) is 11.5 Å². The number of rotatable bonds is 1. The van der Waals surface area contributed by atoms with Crippen LogP contribution in [0, 0.1) is 0 Å². The fourth-order valence-electron chi connectivity index (χ4n) is 3.05. The van der Waals surface area contributed by atoms with E-state index in [-0.39, 0.29) is 0 Å². The molecule has 1 aliphatic heterocycles. The molecule has 2 N–H and O–H groups in total. The minimum Gasteiger partial charge on any atom is -0.338 e. The SMILES string of the molecule is Clc1cncc(Cl)c1-c1nc2c([nH]1)-c1ccncc1Nc1ncccc1-2. The number of hydrogen-bond acceptors (Lipinski definition) is 5. The van der Waals surface area contributed by atoms with Crippen molar-refractivity contribution < 1.29 is 0 Å². The second-order valence-electron chi connectivity index (χ2n) is 5.73. The summed E-state index contributed by atoms with van der Waals surface area (Å²) in [6, 6.07) is 5.76. The van der Waals surface area contributed by atoms with Gasteiger partial charge in [-0.2, -0.15) is 0 Å². The molecule has 5 heterocycles. The van der Waals surface area contributed by atoms with E-state index >= 15 is 0 Å². The number of halogens is 2. The molecule has 4 aromatic rings. The van der Waals surface area contributed by atoms with Crippen molar-refractivity contribution in [1.82, 2.24) is 24.9 Å². The quantitative estimate of drug-likeness (QED) is 0.429. The largest absolute Gasteiger partial charge is 0.338 e. The van der Waals surface area contributed by atoms with Crippen LogP contribution in [0.1, 0.15) is 0 Å². The molecule has 0 bridgehead atoms. The standard InChI is InChI=1S/C18H10Cl2N6/c19-11-6-22-7-12(20)14(11)18-25-15-9-3-5-21-8-13(9)24-17-10(16(15)26-18)2-1-4-23-17/h1-8H,(H,23,24)(H,25,26). The Kier molecular flexibility index (Phi) is 3.41. The summed E-state index contributed by atoms with van der Waals surface area (Å²) >= 11 is 12.6. The van der Waals surface area contributed by atoms with Crippen LogP contribution in [0.25, 0.3) is 33.9 Å². The molecule has 6 nitrogen and oxygen atoms in total. The van der Waals surface area contributed by atoms with Gasteiger partial charge in [0.15, 0.2) is 0 Å². The Balaban J connectivity index is 1.84. The first-order valence-corrected chi connectivity index (χ1v) is 8.54. The minimum atomic E-state index is 0.431. The third kappa shape index (κ3) is 2.27. The van der Waals surface area contributed by atoms with E-state index in [1.54, 1.807) is 31.0 Å². The molecule has 0 radical (unpaired) electrons. The van der Waals surface area contributed by atoms with E-state index in [9.17, 15) is 0 Å². The molecule has 0 unspecified atom stereocenters. The molecule has 126 valence electrons. The zero-order valence-corrected chi connectivity index (χ0v) is 14.7. The number of H-pyrrole nitrogens is 1. The second kappa shape index (κ2) is 5.79. The molecule has 26 heavy (non-hydrogen) atoms. The third-order valence-electron chi connectivity index (χ3n) is 4.20. The van der Waals surface area contributed by atoms with E-state index in [1.165, 1.54) is 0 Å². The number of imidazole rings is 1. The van der Waals surface area contributed by atoms with Gasteiger partial charge in [-0.05, 0) is 18.2 Å². The lowest BCUT2D eigenvalue weighted by molar-refractivity contribution is 1.25. The van der Waals surface area contributed by atoms with Crippen molar-refractivity contribution in [1.29, 1.82) is 0 Å². The Bertz CT molecular complexity index is 1070. The van der Waals surface area contributed by atoms with Crippen molar-refractivity contribution >= 4 is 34.7 Å². The van der Waals surface area contributed by atoms with E-state index in [4.69, 9.17) is 28.2 Å². The molecule has 0 atom stereocenters. The molecule has 0 saturated carbocycles. The van der Waals surface area contributed by atoms with Crippen LogP contribution in [0.2, 0.25) is 10.0 Å². The fraction of sp³-hybridized carbons (Fsp3) is 0. The van der Waals surface area contributed by atoms with Gasteiger partial charge >= 0.3 is 0 Å². The highest BCUT2D eigenvalue weighted by atomic mass is 35.5. The van der Waals surface area contributed by atoms with Gasteiger partial charge in [0, 0.05) is 35.9 Å². The maximum absolute atomic E-state index is 6.32. The first-order valence-electron chi connectivity index (χ1n) is 7.78. The zero-order valence-electron chi connectivity index (χ0n) is 13.2. The number of anilines is 2. The average molecular weight is 381 g/mol. The van der Waals surface area contributed by atoms with E-state index < -0.39 is 0 Å². The predicted molar refractivity (Wildman–Crippen MR) is 102 cm³/mol. The molecular formula is C18H10Cl2N6. The summed E-state index contributed by atoms with van der Waals surface area (Å²) in [5.41, 5.74) is 4.89. The summed E-state index contributed by atoms with van der Waals surface area (Å²) in [5.74, 6) is 1.29. The molecule has 0 saturated heterocycles. The van der Waals surface area contributed by atoms with Crippen LogP contribution in [0.15, 0.2) is 49.2 Å². The second-order valence-corrected chi connectivity index (χ2v) is 6.55. The molecule has 5 rings (SSSR count). The normalized spacial score (nSPS) is 11.8. The topological polar surface area (TPSA) is 79.4 Å². The highest BCUT2D eigenvalue weighted by Crippen LogP contribution is 2.44. The van der Waals surface area contributed by atoms with Gasteiger partial charge in [-0.3, -0.25) is 9.97 Å². The van der Waals surface area contributed by atoms with Gasteiger partial charge in [0.25, 0.3) is 0 Å². The zero-order chi connectivity index (χ0) is 17.7. The van der Waals surface area contributed by atoms with Crippen molar-refractivity contribution in [2.24, 2.45) is 0 Å². The lowest BCUT2D eigenvalue weighted by Crippen LogP contribution is -1.96. The van der Waals surface area contributed by atoms with Crippen LogP contribution in [0.5, 0.6) is 0 Å². The van der Waals surface area contributed by atoms with Gasteiger partial charge in [0.2, 0.25) is 0 Å². The summed E-state index contributed by atoms with van der Waals surface area (Å²) in [7, 11) is 0. The summed E-state index contributed by atoms with van der Waals surface area (Å²) in [4.78, 5) is 20.8. The Morgan fingerprint density at radius 2 is 1.73 bits per heavy atom. The summed E-state index contributed by atoms with van der Waals surface area (Å²) in [5, 5.41) is 4.19. The smallest absolute Gasteiger partial charge is 0.141 e. The Morgan fingerprint density at radius 1 is 0.885 bits per heavy atom. The predicted octanol–water partition coefficient (Wildman–Crippen LogP) is 4.96. The number of aromatic amines is 1. The Labute approximate surface area is 158 Å². The highest BCUT2D eigenvalue weighted by Gasteiger charge is 2.25. The van der Waals surface area contributed by atoms with Crippen LogP contribution in [0.3, 0.4) is 0 Å². The van der Waals surface area contributed by atoms with Crippen LogP contribution < -0.4 is 5.32 Å². The van der Waals surface area contributed by atoms with Crippen molar-refractivity contribution in [3.05, 3.63) is 59.2 Å². The van der Waals surface area contributed by atoms with Crippen molar-refractivity contribution in [3.8, 4) is 33.9 Å². The molecular weight excluding hydrogens is 371 g/mol. The van der Waals surface area contributed by atoms with E-state index in [0.29, 0.717) is 27.3 Å². The maximum Gasteiger partial charge on any atom is 0.141 e. The Hall–Kier alpha value is -2.96. The van der Waals surface area contributed by atoms with Gasteiger partial charge in [0.1, 0.15) is 17.3 Å². The summed E-state index contributed by atoms with van der Waals surface area (Å²) in [6.45, 7) is 0. The number of aromatic nitrogens is 5. The number of pyridine rings is 3. The van der Waals surface area contributed by atoms with Crippen LogP contribution in [-0.4, -0.2) is 24.9 Å². The molecule has 0 spiro atoms. The van der Waals surface area contributed by atoms with Gasteiger partial charge < -0.3 is 10.3 Å². The number of hydrogen-bond donors (Lipinski definition) is 2.